The first-order valence-corrected chi connectivity index (χ1v) is 9.24. The number of hydrogen-bond acceptors (Lipinski definition) is 3. The van der Waals surface area contributed by atoms with Crippen LogP contribution in [-0.4, -0.2) is 11.8 Å². The van der Waals surface area contributed by atoms with Gasteiger partial charge in [-0.05, 0) is 43.2 Å². The third kappa shape index (κ3) is 3.31. The quantitative estimate of drug-likeness (QED) is 0.653. The third-order valence-electron chi connectivity index (χ3n) is 4.92. The van der Waals surface area contributed by atoms with Crippen LogP contribution in [0.15, 0.2) is 78.5 Å². The van der Waals surface area contributed by atoms with Gasteiger partial charge in [-0.2, -0.15) is 0 Å². The summed E-state index contributed by atoms with van der Waals surface area (Å²) in [6, 6.07) is 20.6. The molecule has 29 heavy (non-hydrogen) atoms. The van der Waals surface area contributed by atoms with Gasteiger partial charge < -0.3 is 5.32 Å². The van der Waals surface area contributed by atoms with Gasteiger partial charge in [-0.1, -0.05) is 60.2 Å². The van der Waals surface area contributed by atoms with Crippen molar-refractivity contribution in [3.05, 3.63) is 101 Å². The lowest BCUT2D eigenvalue weighted by Crippen LogP contribution is -2.33. The van der Waals surface area contributed by atoms with Gasteiger partial charge >= 0.3 is 0 Å². The van der Waals surface area contributed by atoms with Crippen LogP contribution >= 0.6 is 0 Å². The van der Waals surface area contributed by atoms with Gasteiger partial charge in [-0.25, -0.2) is 9.29 Å². The van der Waals surface area contributed by atoms with Crippen molar-refractivity contribution in [3.8, 4) is 0 Å². The second-order valence-electron chi connectivity index (χ2n) is 6.95. The molecule has 0 spiro atoms. The average molecular weight is 386 g/mol. The summed E-state index contributed by atoms with van der Waals surface area (Å²) < 4.78 is 14.4. The second-order valence-corrected chi connectivity index (χ2v) is 6.95. The molecule has 1 aliphatic rings. The van der Waals surface area contributed by atoms with Crippen LogP contribution < -0.4 is 10.2 Å². The van der Waals surface area contributed by atoms with Crippen molar-refractivity contribution in [1.29, 1.82) is 0 Å². The molecule has 1 aliphatic heterocycles. The Labute approximate surface area is 168 Å². The number of carbonyl (C=O) groups is 2. The lowest BCUT2D eigenvalue weighted by molar-refractivity contribution is -0.120. The van der Waals surface area contributed by atoms with Crippen molar-refractivity contribution in [1.82, 2.24) is 0 Å². The van der Waals surface area contributed by atoms with E-state index in [1.54, 1.807) is 18.2 Å². The van der Waals surface area contributed by atoms with Crippen LogP contribution in [0.4, 0.5) is 15.8 Å². The highest BCUT2D eigenvalue weighted by atomic mass is 19.1. The van der Waals surface area contributed by atoms with Gasteiger partial charge in [0.2, 0.25) is 0 Å². The van der Waals surface area contributed by atoms with Gasteiger partial charge in [0, 0.05) is 5.69 Å². The molecular weight excluding hydrogens is 367 g/mol. The summed E-state index contributed by atoms with van der Waals surface area (Å²) >= 11 is 0. The highest BCUT2D eigenvalue weighted by Gasteiger charge is 2.41. The molecule has 1 N–H and O–H groups in total. The van der Waals surface area contributed by atoms with E-state index < -0.39 is 17.6 Å². The van der Waals surface area contributed by atoms with E-state index in [0.717, 1.165) is 16.0 Å². The number of carbonyl (C=O) groups excluding carboxylic acids is 2. The number of rotatable bonds is 4. The molecule has 0 aromatic heterocycles. The number of anilines is 2. The zero-order valence-corrected chi connectivity index (χ0v) is 16.1. The first-order chi connectivity index (χ1) is 14.0. The summed E-state index contributed by atoms with van der Waals surface area (Å²) in [5, 5.41) is 3.12. The molecule has 0 radical (unpaired) electrons. The number of benzene rings is 3. The summed E-state index contributed by atoms with van der Waals surface area (Å²) in [7, 11) is 0. The van der Waals surface area contributed by atoms with Gasteiger partial charge in [0.25, 0.3) is 11.8 Å². The lowest BCUT2D eigenvalue weighted by atomic mass is 10.0. The van der Waals surface area contributed by atoms with E-state index in [-0.39, 0.29) is 17.0 Å². The van der Waals surface area contributed by atoms with Gasteiger partial charge in [0.15, 0.2) is 0 Å². The average Bonchev–Trinajstić information content (AvgIpc) is 2.95. The number of imide groups is 1. The van der Waals surface area contributed by atoms with Crippen molar-refractivity contribution < 1.29 is 14.0 Å². The maximum atomic E-state index is 14.4. The largest absolute Gasteiger partial charge is 0.350 e. The Balaban J connectivity index is 1.86. The van der Waals surface area contributed by atoms with Gasteiger partial charge in [-0.3, -0.25) is 9.59 Å². The lowest BCUT2D eigenvalue weighted by Gasteiger charge is -2.16. The molecule has 3 aromatic rings. The van der Waals surface area contributed by atoms with E-state index in [4.69, 9.17) is 0 Å². The smallest absolute Gasteiger partial charge is 0.282 e. The van der Waals surface area contributed by atoms with Crippen LogP contribution in [0.1, 0.15) is 16.7 Å². The Bertz CT molecular complexity index is 1150. The maximum Gasteiger partial charge on any atom is 0.282 e. The summed E-state index contributed by atoms with van der Waals surface area (Å²) in [4.78, 5) is 27.4. The van der Waals surface area contributed by atoms with Gasteiger partial charge in [0.1, 0.15) is 11.5 Å². The van der Waals surface area contributed by atoms with Gasteiger partial charge in [0.05, 0.1) is 11.3 Å². The maximum absolute atomic E-state index is 14.4. The summed E-state index contributed by atoms with van der Waals surface area (Å²) in [5.74, 6) is -1.77. The number of amides is 2. The van der Waals surface area contributed by atoms with Crippen molar-refractivity contribution in [2.24, 2.45) is 0 Å². The van der Waals surface area contributed by atoms with Gasteiger partial charge in [-0.15, -0.1) is 0 Å². The standard InChI is InChI=1S/C24H19FN2O2/c1-15-11-13-17(14-12-15)21-22(26-19-9-5-3-7-16(19)2)24(29)27(23(21)28)20-10-6-4-8-18(20)25/h3-14,26H,1-2H3. The molecule has 0 bridgehead atoms. The summed E-state index contributed by atoms with van der Waals surface area (Å²) in [6.45, 7) is 3.85. The van der Waals surface area contributed by atoms with Crippen molar-refractivity contribution in [2.75, 3.05) is 10.2 Å². The fourth-order valence-electron chi connectivity index (χ4n) is 3.33. The monoisotopic (exact) mass is 386 g/mol. The molecule has 0 atom stereocenters. The number of halogens is 1. The van der Waals surface area contributed by atoms with Crippen LogP contribution in [0.5, 0.6) is 0 Å². The molecule has 2 amide bonds. The zero-order valence-electron chi connectivity index (χ0n) is 16.1. The minimum atomic E-state index is -0.630. The molecule has 4 rings (SSSR count). The fraction of sp³-hybridized carbons (Fsp3) is 0.0833. The highest BCUT2D eigenvalue weighted by molar-refractivity contribution is 6.46. The first kappa shape index (κ1) is 18.6. The van der Waals surface area contributed by atoms with E-state index >= 15 is 0 Å². The summed E-state index contributed by atoms with van der Waals surface area (Å²) in [6.07, 6.45) is 0. The van der Waals surface area contributed by atoms with Crippen LogP contribution in [0, 0.1) is 19.7 Å². The van der Waals surface area contributed by atoms with Crippen molar-refractivity contribution in [3.63, 3.8) is 0 Å². The van der Waals surface area contributed by atoms with Crippen LogP contribution in [0.3, 0.4) is 0 Å². The molecule has 4 nitrogen and oxygen atoms in total. The number of hydrogen-bond donors (Lipinski definition) is 1. The minimum Gasteiger partial charge on any atom is -0.350 e. The molecule has 0 unspecified atom stereocenters. The highest BCUT2D eigenvalue weighted by Crippen LogP contribution is 2.35. The van der Waals surface area contributed by atoms with Crippen molar-refractivity contribution >= 4 is 28.8 Å². The van der Waals surface area contributed by atoms with E-state index in [2.05, 4.69) is 5.32 Å². The minimum absolute atomic E-state index is 0.0614. The molecule has 5 heteroatoms. The van der Waals surface area contributed by atoms with Crippen LogP contribution in [0.2, 0.25) is 0 Å². The molecule has 3 aromatic carbocycles. The van der Waals surface area contributed by atoms with Crippen molar-refractivity contribution in [2.45, 2.75) is 13.8 Å². The number of aryl methyl sites for hydroxylation is 2. The SMILES string of the molecule is Cc1ccc(C2=C(Nc3ccccc3C)C(=O)N(c3ccccc3F)C2=O)cc1. The first-order valence-electron chi connectivity index (χ1n) is 9.24. The van der Waals surface area contributed by atoms with E-state index in [1.807, 2.05) is 50.2 Å². The number of para-hydroxylation sites is 2. The zero-order chi connectivity index (χ0) is 20.5. The Kier molecular flexibility index (Phi) is 4.72. The molecule has 0 aliphatic carbocycles. The van der Waals surface area contributed by atoms with E-state index in [9.17, 15) is 14.0 Å². The predicted molar refractivity (Wildman–Crippen MR) is 112 cm³/mol. The number of nitrogens with zero attached hydrogens (tertiary/aromatic N) is 1. The third-order valence-corrected chi connectivity index (χ3v) is 4.92. The molecule has 1 heterocycles. The molecule has 0 saturated carbocycles. The van der Waals surface area contributed by atoms with E-state index in [0.29, 0.717) is 11.3 Å². The van der Waals surface area contributed by atoms with E-state index in [1.165, 1.54) is 18.2 Å². The normalized spacial score (nSPS) is 14.0. The molecule has 144 valence electrons. The Morgan fingerprint density at radius 1 is 0.793 bits per heavy atom. The Morgan fingerprint density at radius 2 is 1.45 bits per heavy atom. The van der Waals surface area contributed by atoms with Crippen LogP contribution in [-0.2, 0) is 9.59 Å². The Hall–Kier alpha value is -3.73. The topological polar surface area (TPSA) is 49.4 Å². The van der Waals surface area contributed by atoms with Crippen LogP contribution in [0.25, 0.3) is 5.57 Å². The molecule has 0 fully saturated rings. The second kappa shape index (κ2) is 7.36. The fourth-order valence-corrected chi connectivity index (χ4v) is 3.33. The summed E-state index contributed by atoms with van der Waals surface area (Å²) in [5.41, 5.74) is 3.57. The predicted octanol–water partition coefficient (Wildman–Crippen LogP) is 4.84. The number of nitrogens with one attached hydrogen (secondary N) is 1. The Morgan fingerprint density at radius 3 is 2.14 bits per heavy atom. The molecular formula is C24H19FN2O2. The molecule has 0 saturated heterocycles.